The highest BCUT2D eigenvalue weighted by Crippen LogP contribution is 2.46. The fraction of sp³-hybridized carbons (Fsp3) is 0.867. The first-order valence-electron chi connectivity index (χ1n) is 7.51. The van der Waals surface area contributed by atoms with Gasteiger partial charge in [0.1, 0.15) is 0 Å². The van der Waals surface area contributed by atoms with E-state index in [1.807, 2.05) is 20.8 Å². The molecule has 1 aliphatic rings. The van der Waals surface area contributed by atoms with Crippen molar-refractivity contribution < 1.29 is 29.7 Å². The summed E-state index contributed by atoms with van der Waals surface area (Å²) in [6.45, 7) is 9.64. The molecule has 0 aromatic rings. The Hall–Kier alpha value is -1.18. The van der Waals surface area contributed by atoms with Crippen LogP contribution >= 0.6 is 0 Å². The van der Waals surface area contributed by atoms with E-state index in [1.54, 1.807) is 18.9 Å². The fourth-order valence-corrected chi connectivity index (χ4v) is 3.89. The molecule has 22 heavy (non-hydrogen) atoms. The Morgan fingerprint density at radius 3 is 2.23 bits per heavy atom. The van der Waals surface area contributed by atoms with E-state index in [2.05, 4.69) is 0 Å². The van der Waals surface area contributed by atoms with Crippen LogP contribution in [0, 0.1) is 11.8 Å². The number of hydrogen-bond donors (Lipinski definition) is 3. The maximum absolute atomic E-state index is 11.6. The molecule has 0 bridgehead atoms. The van der Waals surface area contributed by atoms with E-state index in [9.17, 15) is 19.8 Å². The van der Waals surface area contributed by atoms with Crippen LogP contribution < -0.4 is 0 Å². The molecule has 0 aliphatic carbocycles. The number of hydroxylamine groups is 2. The van der Waals surface area contributed by atoms with Crippen molar-refractivity contribution in [2.75, 3.05) is 6.61 Å². The van der Waals surface area contributed by atoms with E-state index in [4.69, 9.17) is 9.94 Å². The Kier molecular flexibility index (Phi) is 5.59. The summed E-state index contributed by atoms with van der Waals surface area (Å²) in [4.78, 5) is 28.3. The molecule has 1 heterocycles. The lowest BCUT2D eigenvalue weighted by Crippen LogP contribution is -2.68. The van der Waals surface area contributed by atoms with Crippen molar-refractivity contribution >= 4 is 11.9 Å². The quantitative estimate of drug-likeness (QED) is 0.678. The zero-order chi connectivity index (χ0) is 17.3. The molecule has 0 aromatic carbocycles. The van der Waals surface area contributed by atoms with E-state index >= 15 is 0 Å². The summed E-state index contributed by atoms with van der Waals surface area (Å²) in [6.07, 6.45) is -1.13. The zero-order valence-corrected chi connectivity index (χ0v) is 13.9. The Morgan fingerprint density at radius 1 is 1.27 bits per heavy atom. The van der Waals surface area contributed by atoms with Crippen LogP contribution in [0.2, 0.25) is 0 Å². The van der Waals surface area contributed by atoms with Gasteiger partial charge in [-0.2, -0.15) is 5.06 Å². The number of carbonyl (C=O) groups is 2. The van der Waals surface area contributed by atoms with Crippen molar-refractivity contribution in [2.45, 2.75) is 64.6 Å². The van der Waals surface area contributed by atoms with E-state index < -0.39 is 47.4 Å². The summed E-state index contributed by atoms with van der Waals surface area (Å²) < 4.78 is 0. The molecule has 3 unspecified atom stereocenters. The number of aliphatic carboxylic acids is 2. The molecular formula is C15H27NO6. The number of nitrogens with zero attached hydrogens (tertiary/aromatic N) is 1. The van der Waals surface area contributed by atoms with Crippen LogP contribution in [0.25, 0.3) is 0 Å². The summed E-state index contributed by atoms with van der Waals surface area (Å²) in [5.74, 6) is -4.33. The lowest BCUT2D eigenvalue weighted by molar-refractivity contribution is -0.312. The van der Waals surface area contributed by atoms with Crippen molar-refractivity contribution in [1.82, 2.24) is 5.06 Å². The number of carboxylic acid groups (broad SMARTS) is 2. The molecule has 0 radical (unpaired) electrons. The monoisotopic (exact) mass is 317 g/mol. The number of aliphatic hydroxyl groups excluding tert-OH is 1. The summed E-state index contributed by atoms with van der Waals surface area (Å²) in [5.41, 5.74) is -1.31. The topological polar surface area (TPSA) is 107 Å². The Balaban J connectivity index is 3.26. The lowest BCUT2D eigenvalue weighted by atomic mass is 9.66. The minimum absolute atomic E-state index is 0.310. The summed E-state index contributed by atoms with van der Waals surface area (Å²) in [6, 6.07) is 0. The van der Waals surface area contributed by atoms with Crippen LogP contribution in [-0.2, 0) is 14.4 Å². The number of aliphatic hydroxyl groups is 1. The minimum atomic E-state index is -1.21. The second-order valence-corrected chi connectivity index (χ2v) is 7.02. The van der Waals surface area contributed by atoms with Gasteiger partial charge in [-0.1, -0.05) is 0 Å². The van der Waals surface area contributed by atoms with Gasteiger partial charge in [0.05, 0.1) is 25.0 Å². The normalized spacial score (nSPS) is 29.0. The van der Waals surface area contributed by atoms with Gasteiger partial charge in [-0.25, -0.2) is 0 Å². The SMILES string of the molecule is CCON1C(C)(C)CC(O)C(C(CC(=O)O)C(=O)O)C1(C)C. The second-order valence-electron chi connectivity index (χ2n) is 7.02. The lowest BCUT2D eigenvalue weighted by Gasteiger charge is -2.57. The Morgan fingerprint density at radius 2 is 1.82 bits per heavy atom. The van der Waals surface area contributed by atoms with Crippen molar-refractivity contribution in [3.8, 4) is 0 Å². The predicted molar refractivity (Wildman–Crippen MR) is 79.1 cm³/mol. The molecule has 0 spiro atoms. The fourth-order valence-electron chi connectivity index (χ4n) is 3.89. The Labute approximate surface area is 130 Å². The van der Waals surface area contributed by atoms with Crippen LogP contribution in [0.15, 0.2) is 0 Å². The van der Waals surface area contributed by atoms with Crippen LogP contribution in [0.4, 0.5) is 0 Å². The van der Waals surface area contributed by atoms with Gasteiger partial charge in [-0.3, -0.25) is 14.4 Å². The number of rotatable bonds is 6. The molecule has 1 saturated heterocycles. The van der Waals surface area contributed by atoms with Gasteiger partial charge in [-0.15, -0.1) is 0 Å². The molecule has 3 N–H and O–H groups in total. The van der Waals surface area contributed by atoms with Crippen LogP contribution in [0.3, 0.4) is 0 Å². The standard InChI is InChI=1S/C15H27NO6/c1-6-22-16-14(2,3)8-10(17)12(15(16,4)5)9(13(20)21)7-11(18)19/h9-10,12,17H,6-8H2,1-5H3,(H,18,19)(H,20,21). The highest BCUT2D eigenvalue weighted by atomic mass is 16.7. The highest BCUT2D eigenvalue weighted by Gasteiger charge is 2.56. The molecule has 128 valence electrons. The van der Waals surface area contributed by atoms with Gasteiger partial charge in [0.25, 0.3) is 0 Å². The molecule has 7 nitrogen and oxygen atoms in total. The second kappa shape index (κ2) is 6.52. The van der Waals surface area contributed by atoms with Gasteiger partial charge in [0, 0.05) is 17.0 Å². The molecule has 7 heteroatoms. The van der Waals surface area contributed by atoms with Gasteiger partial charge < -0.3 is 15.3 Å². The first-order chi connectivity index (χ1) is 9.95. The van der Waals surface area contributed by atoms with Crippen molar-refractivity contribution in [2.24, 2.45) is 11.8 Å². The van der Waals surface area contributed by atoms with Crippen molar-refractivity contribution in [1.29, 1.82) is 0 Å². The number of piperidine rings is 1. The molecule has 3 atom stereocenters. The third kappa shape index (κ3) is 3.59. The third-order valence-corrected chi connectivity index (χ3v) is 4.42. The van der Waals surface area contributed by atoms with Crippen molar-refractivity contribution in [3.05, 3.63) is 0 Å². The molecule has 0 aromatic heterocycles. The van der Waals surface area contributed by atoms with Crippen LogP contribution in [0.5, 0.6) is 0 Å². The maximum atomic E-state index is 11.6. The number of carboxylic acids is 2. The van der Waals surface area contributed by atoms with Gasteiger partial charge in [0.15, 0.2) is 0 Å². The van der Waals surface area contributed by atoms with Crippen LogP contribution in [-0.4, -0.2) is 56.1 Å². The minimum Gasteiger partial charge on any atom is -0.481 e. The Bertz CT molecular complexity index is 434. The molecular weight excluding hydrogens is 290 g/mol. The molecule has 1 aliphatic heterocycles. The molecule has 1 rings (SSSR count). The van der Waals surface area contributed by atoms with E-state index in [1.165, 1.54) is 0 Å². The molecule has 1 fully saturated rings. The summed E-state index contributed by atoms with van der Waals surface area (Å²) in [7, 11) is 0. The average Bonchev–Trinajstić information content (AvgIpc) is 2.31. The summed E-state index contributed by atoms with van der Waals surface area (Å²) >= 11 is 0. The van der Waals surface area contributed by atoms with Crippen molar-refractivity contribution in [3.63, 3.8) is 0 Å². The molecule has 0 saturated carbocycles. The third-order valence-electron chi connectivity index (χ3n) is 4.42. The van der Waals surface area contributed by atoms with Crippen LogP contribution in [0.1, 0.15) is 47.5 Å². The van der Waals surface area contributed by atoms with E-state index in [-0.39, 0.29) is 0 Å². The van der Waals surface area contributed by atoms with E-state index in [0.29, 0.717) is 13.0 Å². The summed E-state index contributed by atoms with van der Waals surface area (Å²) in [5, 5.41) is 30.7. The van der Waals surface area contributed by atoms with Gasteiger partial charge >= 0.3 is 11.9 Å². The zero-order valence-electron chi connectivity index (χ0n) is 13.9. The first-order valence-corrected chi connectivity index (χ1v) is 7.51. The first kappa shape index (κ1) is 18.9. The predicted octanol–water partition coefficient (Wildman–Crippen LogP) is 1.35. The number of hydrogen-bond acceptors (Lipinski definition) is 5. The molecule has 0 amide bonds. The van der Waals surface area contributed by atoms with Gasteiger partial charge in [-0.05, 0) is 41.0 Å². The average molecular weight is 317 g/mol. The van der Waals surface area contributed by atoms with E-state index in [0.717, 1.165) is 0 Å². The smallest absolute Gasteiger partial charge is 0.307 e. The largest absolute Gasteiger partial charge is 0.481 e. The van der Waals surface area contributed by atoms with Gasteiger partial charge in [0.2, 0.25) is 0 Å². The highest BCUT2D eigenvalue weighted by molar-refractivity contribution is 5.78. The maximum Gasteiger partial charge on any atom is 0.307 e.